The third kappa shape index (κ3) is 4.44. The number of ether oxygens (including phenoxy) is 1. The van der Waals surface area contributed by atoms with Crippen LogP contribution in [-0.2, 0) is 9.53 Å². The molecule has 2 aromatic carbocycles. The van der Waals surface area contributed by atoms with Gasteiger partial charge >= 0.3 is 0 Å². The van der Waals surface area contributed by atoms with E-state index in [1.54, 1.807) is 49.6 Å². The van der Waals surface area contributed by atoms with E-state index in [2.05, 4.69) is 15.9 Å². The highest BCUT2D eigenvalue weighted by Gasteiger charge is 2.22. The maximum atomic E-state index is 12.9. The normalized spacial score (nSPS) is 10.5. The summed E-state index contributed by atoms with van der Waals surface area (Å²) in [4.78, 5) is 26.7. The molecule has 24 heavy (non-hydrogen) atoms. The van der Waals surface area contributed by atoms with Crippen molar-refractivity contribution in [3.8, 4) is 0 Å². The first-order valence-electron chi connectivity index (χ1n) is 7.33. The summed E-state index contributed by atoms with van der Waals surface area (Å²) in [6.45, 7) is 0.706. The Morgan fingerprint density at radius 2 is 1.88 bits per heavy atom. The highest BCUT2D eigenvalue weighted by molar-refractivity contribution is 9.09. The molecule has 4 nitrogen and oxygen atoms in total. The van der Waals surface area contributed by atoms with Crippen LogP contribution in [0.3, 0.4) is 0 Å². The van der Waals surface area contributed by atoms with Crippen LogP contribution >= 0.6 is 27.5 Å². The van der Waals surface area contributed by atoms with Gasteiger partial charge in [-0.15, -0.1) is 0 Å². The van der Waals surface area contributed by atoms with Crippen LogP contribution in [0.1, 0.15) is 15.9 Å². The predicted molar refractivity (Wildman–Crippen MR) is 99.3 cm³/mol. The second-order valence-electron chi connectivity index (χ2n) is 5.03. The zero-order valence-corrected chi connectivity index (χ0v) is 15.5. The van der Waals surface area contributed by atoms with E-state index in [1.165, 1.54) is 4.90 Å². The second-order valence-corrected chi connectivity index (χ2v) is 6.03. The average molecular weight is 411 g/mol. The fourth-order valence-corrected chi connectivity index (χ4v) is 2.78. The maximum Gasteiger partial charge on any atom is 0.237 e. The van der Waals surface area contributed by atoms with E-state index >= 15 is 0 Å². The standard InChI is InChI=1S/C18H17BrClNO3/c1-24-10-9-21(17(22)12-19)16-8-7-14(20)11-15(16)18(23)13-5-3-2-4-6-13/h2-8,11H,9-10,12H2,1H3. The number of anilines is 1. The van der Waals surface area contributed by atoms with E-state index in [-0.39, 0.29) is 17.0 Å². The van der Waals surface area contributed by atoms with Gasteiger partial charge in [-0.25, -0.2) is 0 Å². The number of hydrogen-bond donors (Lipinski definition) is 0. The van der Waals surface area contributed by atoms with Crippen molar-refractivity contribution >= 4 is 44.9 Å². The number of carbonyl (C=O) groups excluding carboxylic acids is 2. The number of halogens is 2. The topological polar surface area (TPSA) is 46.6 Å². The van der Waals surface area contributed by atoms with Gasteiger partial charge in [0, 0.05) is 29.8 Å². The Hall–Kier alpha value is -1.69. The monoisotopic (exact) mass is 409 g/mol. The molecule has 2 rings (SSSR count). The third-order valence-corrected chi connectivity index (χ3v) is 4.18. The lowest BCUT2D eigenvalue weighted by molar-refractivity contribution is -0.116. The molecule has 0 aliphatic heterocycles. The Balaban J connectivity index is 2.49. The van der Waals surface area contributed by atoms with Gasteiger partial charge < -0.3 is 9.64 Å². The first-order valence-corrected chi connectivity index (χ1v) is 8.83. The lowest BCUT2D eigenvalue weighted by Crippen LogP contribution is -2.35. The van der Waals surface area contributed by atoms with E-state index in [1.807, 2.05) is 6.07 Å². The number of carbonyl (C=O) groups is 2. The molecular weight excluding hydrogens is 394 g/mol. The predicted octanol–water partition coefficient (Wildman–Crippen LogP) is 3.95. The number of amides is 1. The van der Waals surface area contributed by atoms with E-state index in [9.17, 15) is 9.59 Å². The van der Waals surface area contributed by atoms with Gasteiger partial charge in [-0.3, -0.25) is 9.59 Å². The van der Waals surface area contributed by atoms with Crippen molar-refractivity contribution in [1.82, 2.24) is 0 Å². The minimum absolute atomic E-state index is 0.151. The highest BCUT2D eigenvalue weighted by Crippen LogP contribution is 2.27. The Bertz CT molecular complexity index is 721. The molecule has 0 N–H and O–H groups in total. The number of nitrogens with zero attached hydrogens (tertiary/aromatic N) is 1. The van der Waals surface area contributed by atoms with Crippen LogP contribution < -0.4 is 4.90 Å². The molecule has 0 bridgehead atoms. The van der Waals surface area contributed by atoms with Crippen LogP contribution in [0.25, 0.3) is 0 Å². The lowest BCUT2D eigenvalue weighted by atomic mass is 10.0. The van der Waals surface area contributed by atoms with Crippen molar-refractivity contribution in [2.24, 2.45) is 0 Å². The van der Waals surface area contributed by atoms with Crippen LogP contribution in [0, 0.1) is 0 Å². The van der Waals surface area contributed by atoms with E-state index in [4.69, 9.17) is 16.3 Å². The summed E-state index contributed by atoms with van der Waals surface area (Å²) in [5, 5.41) is 0.592. The molecule has 0 radical (unpaired) electrons. The molecule has 0 aliphatic rings. The van der Waals surface area contributed by atoms with Gasteiger partial charge in [0.05, 0.1) is 17.6 Å². The first-order chi connectivity index (χ1) is 11.6. The van der Waals surface area contributed by atoms with Crippen molar-refractivity contribution in [3.63, 3.8) is 0 Å². The summed E-state index contributed by atoms with van der Waals surface area (Å²) < 4.78 is 5.08. The van der Waals surface area contributed by atoms with Crippen LogP contribution in [-0.4, -0.2) is 37.3 Å². The maximum absolute atomic E-state index is 12.9. The van der Waals surface area contributed by atoms with Gasteiger partial charge in [-0.05, 0) is 18.2 Å². The summed E-state index contributed by atoms with van der Waals surface area (Å²) in [5.41, 5.74) is 1.45. The van der Waals surface area contributed by atoms with Crippen LogP contribution in [0.2, 0.25) is 5.02 Å². The molecule has 6 heteroatoms. The number of benzene rings is 2. The quantitative estimate of drug-likeness (QED) is 0.513. The highest BCUT2D eigenvalue weighted by atomic mass is 79.9. The minimum atomic E-state index is -0.183. The van der Waals surface area contributed by atoms with Crippen LogP contribution in [0.4, 0.5) is 5.69 Å². The number of methoxy groups -OCH3 is 1. The Morgan fingerprint density at radius 1 is 1.17 bits per heavy atom. The fraction of sp³-hybridized carbons (Fsp3) is 0.222. The molecule has 0 saturated heterocycles. The molecule has 1 amide bonds. The third-order valence-electron chi connectivity index (χ3n) is 3.46. The minimum Gasteiger partial charge on any atom is -0.383 e. The molecule has 0 aliphatic carbocycles. The van der Waals surface area contributed by atoms with Crippen LogP contribution in [0.5, 0.6) is 0 Å². The number of alkyl halides is 1. The summed E-state index contributed by atoms with van der Waals surface area (Å²) in [7, 11) is 1.56. The van der Waals surface area contributed by atoms with E-state index in [0.717, 1.165) is 0 Å². The average Bonchev–Trinajstić information content (AvgIpc) is 2.62. The van der Waals surface area contributed by atoms with Crippen molar-refractivity contribution in [1.29, 1.82) is 0 Å². The number of ketones is 1. The van der Waals surface area contributed by atoms with Gasteiger partial charge in [0.1, 0.15) is 0 Å². The SMILES string of the molecule is COCCN(C(=O)CBr)c1ccc(Cl)cc1C(=O)c1ccccc1. The van der Waals surface area contributed by atoms with Crippen molar-refractivity contribution in [2.45, 2.75) is 0 Å². The van der Waals surface area contributed by atoms with Gasteiger partial charge in [-0.2, -0.15) is 0 Å². The summed E-state index contributed by atoms with van der Waals surface area (Å²) in [6, 6.07) is 13.8. The molecule has 0 heterocycles. The molecule has 0 saturated carbocycles. The fourth-order valence-electron chi connectivity index (χ4n) is 2.30. The molecule has 0 fully saturated rings. The first kappa shape index (κ1) is 18.6. The number of rotatable bonds is 7. The zero-order valence-electron chi connectivity index (χ0n) is 13.2. The summed E-state index contributed by atoms with van der Waals surface area (Å²) in [6.07, 6.45) is 0. The Kier molecular flexibility index (Phi) is 6.97. The molecular formula is C18H17BrClNO3. The number of hydrogen-bond acceptors (Lipinski definition) is 3. The Morgan fingerprint density at radius 3 is 2.50 bits per heavy atom. The van der Waals surface area contributed by atoms with Gasteiger partial charge in [-0.1, -0.05) is 57.9 Å². The summed E-state index contributed by atoms with van der Waals surface area (Å²) in [5.74, 6) is -0.339. The van der Waals surface area contributed by atoms with Crippen LogP contribution in [0.15, 0.2) is 48.5 Å². The van der Waals surface area contributed by atoms with E-state index in [0.29, 0.717) is 35.0 Å². The smallest absolute Gasteiger partial charge is 0.237 e. The lowest BCUT2D eigenvalue weighted by Gasteiger charge is -2.24. The Labute approximate surface area is 154 Å². The molecule has 0 aromatic heterocycles. The summed E-state index contributed by atoms with van der Waals surface area (Å²) >= 11 is 9.26. The van der Waals surface area contributed by atoms with Gasteiger partial charge in [0.25, 0.3) is 0 Å². The van der Waals surface area contributed by atoms with Crippen molar-refractivity contribution < 1.29 is 14.3 Å². The molecule has 0 spiro atoms. The van der Waals surface area contributed by atoms with E-state index < -0.39 is 0 Å². The molecule has 0 unspecified atom stereocenters. The largest absolute Gasteiger partial charge is 0.383 e. The van der Waals surface area contributed by atoms with Crippen molar-refractivity contribution in [3.05, 3.63) is 64.7 Å². The molecule has 2 aromatic rings. The second kappa shape index (κ2) is 8.97. The zero-order chi connectivity index (χ0) is 17.5. The molecule has 126 valence electrons. The van der Waals surface area contributed by atoms with Crippen molar-refractivity contribution in [2.75, 3.05) is 30.5 Å². The molecule has 0 atom stereocenters. The van der Waals surface area contributed by atoms with Gasteiger partial charge in [0.15, 0.2) is 5.78 Å². The van der Waals surface area contributed by atoms with Gasteiger partial charge in [0.2, 0.25) is 5.91 Å².